The number of nitrogens with zero attached hydrogens (tertiary/aromatic N) is 4. The van der Waals surface area contributed by atoms with Gasteiger partial charge in [-0.05, 0) is 49.9 Å². The number of hydrogen-bond donors (Lipinski definition) is 1. The lowest BCUT2D eigenvalue weighted by molar-refractivity contribution is 0.0790. The number of hydrogen-bond acceptors (Lipinski definition) is 5. The molecule has 1 atom stereocenters. The Balaban J connectivity index is 1.53. The van der Waals surface area contributed by atoms with Crippen molar-refractivity contribution in [3.8, 4) is 0 Å². The Morgan fingerprint density at radius 2 is 2.00 bits per heavy atom. The van der Waals surface area contributed by atoms with E-state index in [1.54, 1.807) is 12.4 Å². The molecule has 1 aliphatic rings. The van der Waals surface area contributed by atoms with Gasteiger partial charge in [-0.2, -0.15) is 9.89 Å². The summed E-state index contributed by atoms with van der Waals surface area (Å²) in [5.74, 6) is -0.131. The molecule has 0 radical (unpaired) electrons. The quantitative estimate of drug-likeness (QED) is 0.542. The Kier molecular flexibility index (Phi) is 6.87. The normalized spacial score (nSPS) is 15.7. The van der Waals surface area contributed by atoms with Crippen LogP contribution in [0.2, 0.25) is 0 Å². The van der Waals surface area contributed by atoms with E-state index in [-0.39, 0.29) is 11.9 Å². The molecule has 164 valence electrons. The van der Waals surface area contributed by atoms with Crippen LogP contribution in [0.3, 0.4) is 0 Å². The van der Waals surface area contributed by atoms with Gasteiger partial charge in [-0.3, -0.25) is 9.80 Å². The number of carbonyl (C=O) groups excluding carboxylic acids is 1. The lowest BCUT2D eigenvalue weighted by Crippen LogP contribution is -2.47. The molecule has 0 bridgehead atoms. The molecule has 0 saturated carbocycles. The van der Waals surface area contributed by atoms with E-state index in [0.717, 1.165) is 60.1 Å². The molecule has 7 nitrogen and oxygen atoms in total. The number of pyridine rings is 1. The van der Waals surface area contributed by atoms with Gasteiger partial charge in [0.25, 0.3) is 5.91 Å². The molecule has 1 saturated heterocycles. The molecule has 1 aromatic carbocycles. The first kappa shape index (κ1) is 21.8. The Morgan fingerprint density at radius 1 is 1.26 bits per heavy atom. The Hall–Kier alpha value is -2.45. The van der Waals surface area contributed by atoms with Gasteiger partial charge in [0.2, 0.25) is 0 Å². The number of benzene rings is 1. The van der Waals surface area contributed by atoms with Crippen LogP contribution in [0.4, 0.5) is 0 Å². The standard InChI is InChI=1S/C23H28BrN5O2/c1-3-21(16-5-7-19(24)8-6-16)27-23(30)18-13-17-15-26-29(22(17)25-14-18)28(4-2)20-9-11-31-12-10-20/h5-8,13-15,20-21H,3-4,9-12H2,1-2H3,(H,27,30). The first-order valence-corrected chi connectivity index (χ1v) is 11.6. The van der Waals surface area contributed by atoms with Gasteiger partial charge in [0.1, 0.15) is 0 Å². The van der Waals surface area contributed by atoms with Crippen LogP contribution in [0.1, 0.15) is 55.1 Å². The third-order valence-electron chi connectivity index (χ3n) is 5.82. The van der Waals surface area contributed by atoms with Crippen molar-refractivity contribution in [2.45, 2.75) is 45.2 Å². The zero-order chi connectivity index (χ0) is 21.8. The maximum absolute atomic E-state index is 12.9. The van der Waals surface area contributed by atoms with Crippen molar-refractivity contribution >= 4 is 32.9 Å². The highest BCUT2D eigenvalue weighted by molar-refractivity contribution is 9.10. The highest BCUT2D eigenvalue weighted by Gasteiger charge is 2.23. The van der Waals surface area contributed by atoms with E-state index in [4.69, 9.17) is 4.74 Å². The molecule has 8 heteroatoms. The van der Waals surface area contributed by atoms with Gasteiger partial charge in [-0.25, -0.2) is 4.98 Å². The fourth-order valence-electron chi connectivity index (χ4n) is 4.11. The zero-order valence-electron chi connectivity index (χ0n) is 17.9. The molecule has 1 fully saturated rings. The fraction of sp³-hybridized carbons (Fsp3) is 0.435. The van der Waals surface area contributed by atoms with Crippen molar-refractivity contribution in [3.63, 3.8) is 0 Å². The number of ether oxygens (including phenoxy) is 1. The number of aromatic nitrogens is 3. The lowest BCUT2D eigenvalue weighted by atomic mass is 10.0. The van der Waals surface area contributed by atoms with Crippen molar-refractivity contribution < 1.29 is 9.53 Å². The van der Waals surface area contributed by atoms with Crippen molar-refractivity contribution in [1.82, 2.24) is 20.2 Å². The van der Waals surface area contributed by atoms with Crippen molar-refractivity contribution in [2.24, 2.45) is 0 Å². The summed E-state index contributed by atoms with van der Waals surface area (Å²) >= 11 is 3.46. The SMILES string of the molecule is CCC(NC(=O)c1cnc2c(cnn2N(CC)C2CCOCC2)c1)c1ccc(Br)cc1. The third-order valence-corrected chi connectivity index (χ3v) is 6.35. The van der Waals surface area contributed by atoms with Crippen LogP contribution in [-0.4, -0.2) is 46.6 Å². The number of rotatable bonds is 7. The van der Waals surface area contributed by atoms with Gasteiger partial charge in [-0.15, -0.1) is 0 Å². The summed E-state index contributed by atoms with van der Waals surface area (Å²) in [6, 6.07) is 10.2. The number of amides is 1. The molecule has 0 spiro atoms. The van der Waals surface area contributed by atoms with Crippen molar-refractivity contribution in [3.05, 3.63) is 58.3 Å². The minimum absolute atomic E-state index is 0.0527. The first-order valence-electron chi connectivity index (χ1n) is 10.9. The van der Waals surface area contributed by atoms with Crippen LogP contribution in [-0.2, 0) is 4.74 Å². The predicted molar refractivity (Wildman–Crippen MR) is 125 cm³/mol. The molecule has 1 N–H and O–H groups in total. The summed E-state index contributed by atoms with van der Waals surface area (Å²) in [4.78, 5) is 19.4. The number of nitrogens with one attached hydrogen (secondary N) is 1. The summed E-state index contributed by atoms with van der Waals surface area (Å²) in [5, 5.41) is 10.8. The molecule has 3 heterocycles. The Labute approximate surface area is 190 Å². The highest BCUT2D eigenvalue weighted by Crippen LogP contribution is 2.21. The largest absolute Gasteiger partial charge is 0.381 e. The summed E-state index contributed by atoms with van der Waals surface area (Å²) in [5.41, 5.74) is 2.39. The van der Waals surface area contributed by atoms with Crippen LogP contribution in [0.5, 0.6) is 0 Å². The second-order valence-corrected chi connectivity index (χ2v) is 8.67. The second kappa shape index (κ2) is 9.78. The molecule has 0 aliphatic carbocycles. The minimum atomic E-state index is -0.131. The van der Waals surface area contributed by atoms with E-state index in [0.29, 0.717) is 11.6 Å². The first-order chi connectivity index (χ1) is 15.1. The highest BCUT2D eigenvalue weighted by atomic mass is 79.9. The van der Waals surface area contributed by atoms with E-state index in [1.165, 1.54) is 0 Å². The molecule has 4 rings (SSSR count). The van der Waals surface area contributed by atoms with Crippen molar-refractivity contribution in [1.29, 1.82) is 0 Å². The molecule has 3 aromatic rings. The van der Waals surface area contributed by atoms with Crippen LogP contribution >= 0.6 is 15.9 Å². The van der Waals surface area contributed by atoms with Gasteiger partial charge in [0, 0.05) is 35.8 Å². The van der Waals surface area contributed by atoms with Gasteiger partial charge in [0.15, 0.2) is 5.65 Å². The Morgan fingerprint density at radius 3 is 2.68 bits per heavy atom. The van der Waals surface area contributed by atoms with Gasteiger partial charge in [-0.1, -0.05) is 35.0 Å². The molecule has 31 heavy (non-hydrogen) atoms. The van der Waals surface area contributed by atoms with E-state index in [9.17, 15) is 4.79 Å². The summed E-state index contributed by atoms with van der Waals surface area (Å²) < 4.78 is 6.52. The average Bonchev–Trinajstić information content (AvgIpc) is 3.22. The summed E-state index contributed by atoms with van der Waals surface area (Å²) in [7, 11) is 0. The van der Waals surface area contributed by atoms with Crippen molar-refractivity contribution in [2.75, 3.05) is 24.8 Å². The number of carbonyl (C=O) groups is 1. The summed E-state index contributed by atoms with van der Waals surface area (Å²) in [6.07, 6.45) is 6.18. The maximum atomic E-state index is 12.9. The molecular weight excluding hydrogens is 458 g/mol. The monoisotopic (exact) mass is 485 g/mol. The van der Waals surface area contributed by atoms with E-state index < -0.39 is 0 Å². The molecule has 1 aliphatic heterocycles. The maximum Gasteiger partial charge on any atom is 0.253 e. The van der Waals surface area contributed by atoms with E-state index >= 15 is 0 Å². The van der Waals surface area contributed by atoms with E-state index in [1.807, 2.05) is 35.1 Å². The molecular formula is C23H28BrN5O2. The second-order valence-electron chi connectivity index (χ2n) is 7.76. The summed E-state index contributed by atoms with van der Waals surface area (Å²) in [6.45, 7) is 6.56. The smallest absolute Gasteiger partial charge is 0.253 e. The van der Waals surface area contributed by atoms with Gasteiger partial charge >= 0.3 is 0 Å². The number of fused-ring (bicyclic) bond motifs is 1. The van der Waals surface area contributed by atoms with Crippen LogP contribution in [0.15, 0.2) is 47.2 Å². The predicted octanol–water partition coefficient (Wildman–Crippen LogP) is 4.21. The van der Waals surface area contributed by atoms with Crippen LogP contribution < -0.4 is 10.3 Å². The lowest BCUT2D eigenvalue weighted by Gasteiger charge is -2.34. The van der Waals surface area contributed by atoms with Gasteiger partial charge in [0.05, 0.1) is 23.8 Å². The average molecular weight is 486 g/mol. The zero-order valence-corrected chi connectivity index (χ0v) is 19.5. The van der Waals surface area contributed by atoms with Crippen LogP contribution in [0.25, 0.3) is 11.0 Å². The van der Waals surface area contributed by atoms with E-state index in [2.05, 4.69) is 50.2 Å². The Bertz CT molecular complexity index is 1030. The van der Waals surface area contributed by atoms with Crippen LogP contribution in [0, 0.1) is 0 Å². The molecule has 2 aromatic heterocycles. The third kappa shape index (κ3) is 4.75. The molecule has 1 amide bonds. The fourth-order valence-corrected chi connectivity index (χ4v) is 4.37. The van der Waals surface area contributed by atoms with Gasteiger partial charge < -0.3 is 10.1 Å². The molecule has 1 unspecified atom stereocenters. The number of halogens is 1. The minimum Gasteiger partial charge on any atom is -0.381 e. The topological polar surface area (TPSA) is 72.3 Å².